The lowest BCUT2D eigenvalue weighted by atomic mass is 10.2. The van der Waals surface area contributed by atoms with E-state index < -0.39 is 0 Å². The molecule has 0 bridgehead atoms. The Hall–Kier alpha value is -1.22. The first-order valence-corrected chi connectivity index (χ1v) is 5.17. The predicted octanol–water partition coefficient (Wildman–Crippen LogP) is 1.07. The summed E-state index contributed by atoms with van der Waals surface area (Å²) in [6, 6.07) is 8.13. The standard InChI is InChI=1S/C11H17N3/c12-10-2-4-11(5-3-10)14-8-1-6-13-7-9-14/h2-5,13H,1,6-9,12H2. The predicted molar refractivity (Wildman–Crippen MR) is 60.6 cm³/mol. The first-order valence-electron chi connectivity index (χ1n) is 5.17. The van der Waals surface area contributed by atoms with Crippen molar-refractivity contribution in [1.29, 1.82) is 0 Å². The molecule has 2 rings (SSSR count). The van der Waals surface area contributed by atoms with E-state index in [2.05, 4.69) is 22.3 Å². The van der Waals surface area contributed by atoms with Gasteiger partial charge in [0.2, 0.25) is 0 Å². The average molecular weight is 191 g/mol. The van der Waals surface area contributed by atoms with Crippen LogP contribution >= 0.6 is 0 Å². The summed E-state index contributed by atoms with van der Waals surface area (Å²) < 4.78 is 0. The summed E-state index contributed by atoms with van der Waals surface area (Å²) in [7, 11) is 0. The van der Waals surface area contributed by atoms with Crippen LogP contribution in [-0.4, -0.2) is 26.2 Å². The summed E-state index contributed by atoms with van der Waals surface area (Å²) in [6.07, 6.45) is 1.21. The van der Waals surface area contributed by atoms with Gasteiger partial charge in [0.1, 0.15) is 0 Å². The maximum absolute atomic E-state index is 5.66. The van der Waals surface area contributed by atoms with Crippen molar-refractivity contribution < 1.29 is 0 Å². The van der Waals surface area contributed by atoms with Gasteiger partial charge in [0, 0.05) is 31.0 Å². The zero-order valence-corrected chi connectivity index (χ0v) is 8.37. The molecule has 0 aliphatic carbocycles. The van der Waals surface area contributed by atoms with Gasteiger partial charge in [0.15, 0.2) is 0 Å². The van der Waals surface area contributed by atoms with Crippen molar-refractivity contribution in [2.45, 2.75) is 6.42 Å². The van der Waals surface area contributed by atoms with E-state index in [0.717, 1.165) is 31.9 Å². The van der Waals surface area contributed by atoms with Gasteiger partial charge in [0.25, 0.3) is 0 Å². The first-order chi connectivity index (χ1) is 6.86. The maximum atomic E-state index is 5.66. The number of nitrogens with two attached hydrogens (primary N) is 1. The third-order valence-electron chi connectivity index (χ3n) is 2.60. The number of hydrogen-bond acceptors (Lipinski definition) is 3. The molecular weight excluding hydrogens is 174 g/mol. The zero-order valence-electron chi connectivity index (χ0n) is 8.37. The Morgan fingerprint density at radius 1 is 1.07 bits per heavy atom. The molecule has 3 heteroatoms. The number of nitrogen functional groups attached to an aromatic ring is 1. The van der Waals surface area contributed by atoms with Crippen LogP contribution < -0.4 is 16.0 Å². The molecule has 76 valence electrons. The van der Waals surface area contributed by atoms with E-state index in [1.54, 1.807) is 0 Å². The number of rotatable bonds is 1. The second-order valence-electron chi connectivity index (χ2n) is 3.68. The van der Waals surface area contributed by atoms with Crippen LogP contribution in [0.15, 0.2) is 24.3 Å². The Morgan fingerprint density at radius 2 is 1.86 bits per heavy atom. The molecule has 0 amide bonds. The Morgan fingerprint density at radius 3 is 2.64 bits per heavy atom. The molecule has 3 N–H and O–H groups in total. The van der Waals surface area contributed by atoms with E-state index in [1.165, 1.54) is 12.1 Å². The first kappa shape index (κ1) is 9.34. The molecule has 1 aliphatic heterocycles. The lowest BCUT2D eigenvalue weighted by molar-refractivity contribution is 0.724. The van der Waals surface area contributed by atoms with Gasteiger partial charge in [-0.25, -0.2) is 0 Å². The van der Waals surface area contributed by atoms with E-state index in [1.807, 2.05) is 12.1 Å². The average Bonchev–Trinajstić information content (AvgIpc) is 2.47. The Labute approximate surface area is 84.9 Å². The van der Waals surface area contributed by atoms with Gasteiger partial charge in [-0.3, -0.25) is 0 Å². The summed E-state index contributed by atoms with van der Waals surface area (Å²) in [4.78, 5) is 2.40. The third kappa shape index (κ3) is 2.17. The highest BCUT2D eigenvalue weighted by molar-refractivity contribution is 5.53. The second kappa shape index (κ2) is 4.33. The molecule has 0 unspecified atom stereocenters. The van der Waals surface area contributed by atoms with Crippen LogP contribution in [-0.2, 0) is 0 Å². The van der Waals surface area contributed by atoms with E-state index in [0.29, 0.717) is 0 Å². The number of nitrogens with zero attached hydrogens (tertiary/aromatic N) is 1. The molecule has 0 saturated carbocycles. The van der Waals surface area contributed by atoms with Crippen molar-refractivity contribution >= 4 is 11.4 Å². The molecule has 0 aromatic heterocycles. The van der Waals surface area contributed by atoms with E-state index in [4.69, 9.17) is 5.73 Å². The van der Waals surface area contributed by atoms with Crippen LogP contribution in [0.4, 0.5) is 11.4 Å². The SMILES string of the molecule is Nc1ccc(N2CCCNCC2)cc1. The fourth-order valence-corrected chi connectivity index (χ4v) is 1.79. The van der Waals surface area contributed by atoms with Gasteiger partial charge >= 0.3 is 0 Å². The van der Waals surface area contributed by atoms with Crippen LogP contribution in [0.1, 0.15) is 6.42 Å². The molecule has 1 aromatic carbocycles. The van der Waals surface area contributed by atoms with Gasteiger partial charge in [-0.2, -0.15) is 0 Å². The Balaban J connectivity index is 2.08. The lowest BCUT2D eigenvalue weighted by Gasteiger charge is -2.22. The van der Waals surface area contributed by atoms with Crippen molar-refractivity contribution in [2.24, 2.45) is 0 Å². The monoisotopic (exact) mass is 191 g/mol. The topological polar surface area (TPSA) is 41.3 Å². The minimum atomic E-state index is 0.835. The summed E-state index contributed by atoms with van der Waals surface area (Å²) in [5.41, 5.74) is 7.77. The number of benzene rings is 1. The summed E-state index contributed by atoms with van der Waals surface area (Å²) in [5.74, 6) is 0. The smallest absolute Gasteiger partial charge is 0.0368 e. The number of nitrogens with one attached hydrogen (secondary N) is 1. The van der Waals surface area contributed by atoms with Gasteiger partial charge in [0.05, 0.1) is 0 Å². The van der Waals surface area contributed by atoms with E-state index >= 15 is 0 Å². The van der Waals surface area contributed by atoms with Crippen molar-refractivity contribution in [3.05, 3.63) is 24.3 Å². The minimum absolute atomic E-state index is 0.835. The van der Waals surface area contributed by atoms with Crippen molar-refractivity contribution in [1.82, 2.24) is 5.32 Å². The molecule has 1 aromatic rings. The highest BCUT2D eigenvalue weighted by Crippen LogP contribution is 2.16. The fourth-order valence-electron chi connectivity index (χ4n) is 1.79. The molecule has 1 saturated heterocycles. The van der Waals surface area contributed by atoms with Crippen LogP contribution in [0.25, 0.3) is 0 Å². The molecule has 1 fully saturated rings. The summed E-state index contributed by atoms with van der Waals surface area (Å²) in [5, 5.41) is 3.39. The van der Waals surface area contributed by atoms with E-state index in [9.17, 15) is 0 Å². The highest BCUT2D eigenvalue weighted by atomic mass is 15.2. The van der Waals surface area contributed by atoms with Crippen molar-refractivity contribution in [3.63, 3.8) is 0 Å². The number of anilines is 2. The molecule has 3 nitrogen and oxygen atoms in total. The molecule has 0 radical (unpaired) electrons. The molecule has 1 heterocycles. The van der Waals surface area contributed by atoms with Crippen molar-refractivity contribution in [2.75, 3.05) is 36.8 Å². The van der Waals surface area contributed by atoms with Crippen LogP contribution in [0, 0.1) is 0 Å². The van der Waals surface area contributed by atoms with Crippen LogP contribution in [0.5, 0.6) is 0 Å². The van der Waals surface area contributed by atoms with Crippen LogP contribution in [0.2, 0.25) is 0 Å². The fraction of sp³-hybridized carbons (Fsp3) is 0.455. The molecule has 0 spiro atoms. The van der Waals surface area contributed by atoms with Crippen LogP contribution in [0.3, 0.4) is 0 Å². The van der Waals surface area contributed by atoms with Gasteiger partial charge in [-0.05, 0) is 37.2 Å². The molecule has 1 aliphatic rings. The molecular formula is C11H17N3. The zero-order chi connectivity index (χ0) is 9.80. The van der Waals surface area contributed by atoms with Gasteiger partial charge < -0.3 is 16.0 Å². The third-order valence-corrected chi connectivity index (χ3v) is 2.60. The Bertz CT molecular complexity index is 273. The quantitative estimate of drug-likeness (QED) is 0.652. The molecule has 0 atom stereocenters. The second-order valence-corrected chi connectivity index (χ2v) is 3.68. The normalized spacial score (nSPS) is 17.9. The number of hydrogen-bond donors (Lipinski definition) is 2. The Kier molecular flexibility index (Phi) is 2.89. The maximum Gasteiger partial charge on any atom is 0.0368 e. The summed E-state index contributed by atoms with van der Waals surface area (Å²) >= 11 is 0. The summed E-state index contributed by atoms with van der Waals surface area (Å²) in [6.45, 7) is 4.43. The minimum Gasteiger partial charge on any atom is -0.399 e. The van der Waals surface area contributed by atoms with Crippen molar-refractivity contribution in [3.8, 4) is 0 Å². The highest BCUT2D eigenvalue weighted by Gasteiger charge is 2.08. The van der Waals surface area contributed by atoms with Gasteiger partial charge in [-0.1, -0.05) is 0 Å². The van der Waals surface area contributed by atoms with E-state index in [-0.39, 0.29) is 0 Å². The largest absolute Gasteiger partial charge is 0.399 e. The van der Waals surface area contributed by atoms with Gasteiger partial charge in [-0.15, -0.1) is 0 Å². The molecule has 14 heavy (non-hydrogen) atoms. The lowest BCUT2D eigenvalue weighted by Crippen LogP contribution is -2.27.